The van der Waals surface area contributed by atoms with Crippen LogP contribution in [-0.2, 0) is 14.8 Å². The zero-order valence-electron chi connectivity index (χ0n) is 19.6. The summed E-state index contributed by atoms with van der Waals surface area (Å²) >= 11 is 0. The molecule has 0 atom stereocenters. The Bertz CT molecular complexity index is 1360. The molecule has 0 saturated carbocycles. The predicted octanol–water partition coefficient (Wildman–Crippen LogP) is 3.83. The summed E-state index contributed by atoms with van der Waals surface area (Å²) < 4.78 is 33.7. The number of nitrogens with one attached hydrogen (secondary N) is 2. The van der Waals surface area contributed by atoms with Crippen LogP contribution in [0, 0.1) is 13.8 Å². The number of ether oxygens (including phenoxy) is 1. The van der Waals surface area contributed by atoms with Crippen LogP contribution in [0.3, 0.4) is 0 Å². The average Bonchev–Trinajstić information content (AvgIpc) is 2.84. The molecule has 1 aliphatic rings. The van der Waals surface area contributed by atoms with Gasteiger partial charge in [-0.3, -0.25) is 14.3 Å². The fraction of sp³-hybridized carbons (Fsp3) is 0.231. The molecule has 4 rings (SSSR count). The molecule has 0 bridgehead atoms. The van der Waals surface area contributed by atoms with Crippen LogP contribution in [0.5, 0.6) is 0 Å². The molecule has 0 radical (unpaired) electrons. The Morgan fingerprint density at radius 3 is 2.34 bits per heavy atom. The molecule has 0 spiro atoms. The first-order valence-electron chi connectivity index (χ1n) is 11.2. The van der Waals surface area contributed by atoms with E-state index in [0.29, 0.717) is 48.8 Å². The van der Waals surface area contributed by atoms with Crippen molar-refractivity contribution in [2.24, 2.45) is 0 Å². The van der Waals surface area contributed by atoms with Crippen LogP contribution >= 0.6 is 0 Å². The van der Waals surface area contributed by atoms with Crippen LogP contribution in [0.1, 0.15) is 31.8 Å². The molecule has 9 heteroatoms. The Balaban J connectivity index is 1.53. The Hall–Kier alpha value is -3.69. The lowest BCUT2D eigenvalue weighted by molar-refractivity contribution is 0.0303. The van der Waals surface area contributed by atoms with Crippen LogP contribution in [0.2, 0.25) is 0 Å². The normalized spacial score (nSPS) is 13.8. The number of aryl methyl sites for hydroxylation is 2. The molecule has 3 aromatic carbocycles. The van der Waals surface area contributed by atoms with Gasteiger partial charge in [0, 0.05) is 35.6 Å². The summed E-state index contributed by atoms with van der Waals surface area (Å²) in [6.45, 7) is 5.64. The summed E-state index contributed by atoms with van der Waals surface area (Å²) in [5, 5.41) is 2.78. The minimum absolute atomic E-state index is 0.0222. The van der Waals surface area contributed by atoms with Crippen LogP contribution in [0.25, 0.3) is 0 Å². The lowest BCUT2D eigenvalue weighted by atomic mass is 10.1. The van der Waals surface area contributed by atoms with Gasteiger partial charge in [-0.15, -0.1) is 0 Å². The van der Waals surface area contributed by atoms with Crippen molar-refractivity contribution in [3.63, 3.8) is 0 Å². The molecular weight excluding hydrogens is 466 g/mol. The maximum Gasteiger partial charge on any atom is 0.261 e. The number of nitrogens with zero attached hydrogens (tertiary/aromatic N) is 1. The Labute approximate surface area is 205 Å². The van der Waals surface area contributed by atoms with Crippen molar-refractivity contribution in [2.75, 3.05) is 36.3 Å². The van der Waals surface area contributed by atoms with Gasteiger partial charge in [-0.2, -0.15) is 0 Å². The lowest BCUT2D eigenvalue weighted by Crippen LogP contribution is -2.40. The first-order valence-corrected chi connectivity index (χ1v) is 12.7. The molecule has 1 aliphatic heterocycles. The number of anilines is 2. The van der Waals surface area contributed by atoms with E-state index in [1.54, 1.807) is 60.4 Å². The first-order chi connectivity index (χ1) is 16.7. The summed E-state index contributed by atoms with van der Waals surface area (Å²) in [5.41, 5.74) is 3.11. The van der Waals surface area contributed by atoms with Gasteiger partial charge in [-0.1, -0.05) is 24.3 Å². The molecule has 0 unspecified atom stereocenters. The zero-order chi connectivity index (χ0) is 25.0. The number of morpholine rings is 1. The number of carbonyl (C=O) groups is 2. The molecule has 0 aromatic heterocycles. The minimum atomic E-state index is -3.90. The highest BCUT2D eigenvalue weighted by atomic mass is 32.2. The van der Waals surface area contributed by atoms with Gasteiger partial charge in [-0.05, 0) is 67.4 Å². The predicted molar refractivity (Wildman–Crippen MR) is 134 cm³/mol. The minimum Gasteiger partial charge on any atom is -0.378 e. The van der Waals surface area contributed by atoms with Gasteiger partial charge in [0.15, 0.2) is 0 Å². The van der Waals surface area contributed by atoms with E-state index in [2.05, 4.69) is 10.0 Å². The molecule has 2 N–H and O–H groups in total. The quantitative estimate of drug-likeness (QED) is 0.543. The number of amides is 2. The third kappa shape index (κ3) is 5.87. The highest BCUT2D eigenvalue weighted by molar-refractivity contribution is 7.92. The highest BCUT2D eigenvalue weighted by Gasteiger charge is 2.21. The van der Waals surface area contributed by atoms with Crippen molar-refractivity contribution >= 4 is 33.2 Å². The van der Waals surface area contributed by atoms with E-state index in [1.165, 1.54) is 12.1 Å². The number of benzene rings is 3. The molecule has 182 valence electrons. The summed E-state index contributed by atoms with van der Waals surface area (Å²) in [6, 6.07) is 18.1. The third-order valence-corrected chi connectivity index (χ3v) is 7.08. The topological polar surface area (TPSA) is 105 Å². The number of rotatable bonds is 6. The summed E-state index contributed by atoms with van der Waals surface area (Å²) in [5.74, 6) is -0.595. The number of hydrogen-bond donors (Lipinski definition) is 2. The number of hydrogen-bond acceptors (Lipinski definition) is 5. The summed E-state index contributed by atoms with van der Waals surface area (Å²) in [4.78, 5) is 27.5. The third-order valence-electron chi connectivity index (χ3n) is 5.70. The maximum atomic E-state index is 13.1. The molecule has 1 saturated heterocycles. The van der Waals surface area contributed by atoms with Crippen molar-refractivity contribution in [3.8, 4) is 0 Å². The zero-order valence-corrected chi connectivity index (χ0v) is 20.4. The number of sulfonamides is 1. The smallest absolute Gasteiger partial charge is 0.261 e. The van der Waals surface area contributed by atoms with Crippen LogP contribution in [-0.4, -0.2) is 51.4 Å². The highest BCUT2D eigenvalue weighted by Crippen LogP contribution is 2.22. The van der Waals surface area contributed by atoms with Crippen molar-refractivity contribution in [2.45, 2.75) is 18.7 Å². The molecule has 0 aliphatic carbocycles. The van der Waals surface area contributed by atoms with Crippen molar-refractivity contribution in [1.29, 1.82) is 0 Å². The second-order valence-electron chi connectivity index (χ2n) is 8.39. The Morgan fingerprint density at radius 1 is 0.886 bits per heavy atom. The van der Waals surface area contributed by atoms with Crippen molar-refractivity contribution in [1.82, 2.24) is 4.90 Å². The molecule has 1 fully saturated rings. The fourth-order valence-corrected chi connectivity index (χ4v) is 4.89. The average molecular weight is 494 g/mol. The SMILES string of the molecule is Cc1cccc(NS(=O)(=O)c2ccc(C)c(C(=O)Nc3cccc(C(=O)N4CCOCC4)c3)c2)c1. The fourth-order valence-electron chi connectivity index (χ4n) is 3.81. The van der Waals surface area contributed by atoms with Crippen molar-refractivity contribution in [3.05, 3.63) is 89.0 Å². The summed E-state index contributed by atoms with van der Waals surface area (Å²) in [6.07, 6.45) is 0. The second kappa shape index (κ2) is 10.3. The van der Waals surface area contributed by atoms with E-state index < -0.39 is 15.9 Å². The van der Waals surface area contributed by atoms with E-state index in [-0.39, 0.29) is 16.4 Å². The first kappa shape index (κ1) is 24.4. The molecular formula is C26H27N3O5S. The Kier molecular flexibility index (Phi) is 7.18. The molecule has 35 heavy (non-hydrogen) atoms. The van der Waals surface area contributed by atoms with Crippen LogP contribution < -0.4 is 10.0 Å². The van der Waals surface area contributed by atoms with Gasteiger partial charge in [0.2, 0.25) is 0 Å². The van der Waals surface area contributed by atoms with E-state index in [0.717, 1.165) is 5.56 Å². The van der Waals surface area contributed by atoms with E-state index in [1.807, 2.05) is 13.0 Å². The van der Waals surface area contributed by atoms with Gasteiger partial charge in [0.05, 0.1) is 18.1 Å². The molecule has 3 aromatic rings. The van der Waals surface area contributed by atoms with Gasteiger partial charge in [0.1, 0.15) is 0 Å². The van der Waals surface area contributed by atoms with E-state index in [9.17, 15) is 18.0 Å². The van der Waals surface area contributed by atoms with Gasteiger partial charge >= 0.3 is 0 Å². The van der Waals surface area contributed by atoms with Gasteiger partial charge < -0.3 is 15.0 Å². The van der Waals surface area contributed by atoms with E-state index >= 15 is 0 Å². The van der Waals surface area contributed by atoms with Crippen molar-refractivity contribution < 1.29 is 22.7 Å². The Morgan fingerprint density at radius 2 is 1.60 bits per heavy atom. The standard InChI is InChI=1S/C26H27N3O5S/c1-18-5-3-8-22(15-18)28-35(32,33)23-10-9-19(2)24(17-23)25(30)27-21-7-4-6-20(16-21)26(31)29-11-13-34-14-12-29/h3-10,15-17,28H,11-14H2,1-2H3,(H,27,30). The van der Waals surface area contributed by atoms with E-state index in [4.69, 9.17) is 4.74 Å². The second-order valence-corrected chi connectivity index (χ2v) is 10.1. The summed E-state index contributed by atoms with van der Waals surface area (Å²) in [7, 11) is -3.90. The molecule has 2 amide bonds. The lowest BCUT2D eigenvalue weighted by Gasteiger charge is -2.27. The van der Waals surface area contributed by atoms with Gasteiger partial charge in [-0.25, -0.2) is 8.42 Å². The maximum absolute atomic E-state index is 13.1. The molecule has 1 heterocycles. The number of carbonyl (C=O) groups excluding carboxylic acids is 2. The van der Waals surface area contributed by atoms with Gasteiger partial charge in [0.25, 0.3) is 21.8 Å². The monoisotopic (exact) mass is 493 g/mol. The largest absolute Gasteiger partial charge is 0.378 e. The van der Waals surface area contributed by atoms with Crippen LogP contribution in [0.4, 0.5) is 11.4 Å². The van der Waals surface area contributed by atoms with Crippen LogP contribution in [0.15, 0.2) is 71.6 Å². The molecule has 8 nitrogen and oxygen atoms in total.